The van der Waals surface area contributed by atoms with E-state index >= 15 is 0 Å². The van der Waals surface area contributed by atoms with Crippen molar-refractivity contribution in [1.29, 1.82) is 0 Å². The fraction of sp³-hybridized carbons (Fsp3) is 0.524. The van der Waals surface area contributed by atoms with Gasteiger partial charge in [0.2, 0.25) is 5.95 Å². The maximum atomic E-state index is 14.2. The molecule has 0 unspecified atom stereocenters. The monoisotopic (exact) mass is 486 g/mol. The summed E-state index contributed by atoms with van der Waals surface area (Å²) in [7, 11) is -3.80. The summed E-state index contributed by atoms with van der Waals surface area (Å²) in [5.41, 5.74) is 1.43. The molecule has 0 radical (unpaired) electrons. The van der Waals surface area contributed by atoms with Crippen molar-refractivity contribution in [2.75, 3.05) is 35.7 Å². The van der Waals surface area contributed by atoms with Crippen molar-refractivity contribution < 1.29 is 12.8 Å². The number of hydrogen-bond donors (Lipinski definition) is 0. The second-order valence-corrected chi connectivity index (χ2v) is 11.3. The molecular weight excluding hydrogens is 462 g/mol. The molecule has 1 atom stereocenters. The summed E-state index contributed by atoms with van der Waals surface area (Å²) in [6.45, 7) is 6.01. The summed E-state index contributed by atoms with van der Waals surface area (Å²) in [5.74, 6) is 0.504. The van der Waals surface area contributed by atoms with Gasteiger partial charge in [0.25, 0.3) is 0 Å². The first kappa shape index (κ1) is 22.6. The minimum atomic E-state index is -3.80. The van der Waals surface area contributed by atoms with Crippen LogP contribution in [-0.2, 0) is 9.84 Å². The van der Waals surface area contributed by atoms with Gasteiger partial charge in [-0.15, -0.1) is 0 Å². The zero-order valence-electron chi connectivity index (χ0n) is 17.6. The first-order valence-corrected chi connectivity index (χ1v) is 12.9. The number of halogens is 3. The molecule has 31 heavy (non-hydrogen) atoms. The molecule has 2 heterocycles. The normalized spacial score (nSPS) is 19.9. The van der Waals surface area contributed by atoms with Crippen molar-refractivity contribution in [2.24, 2.45) is 5.92 Å². The van der Waals surface area contributed by atoms with Crippen molar-refractivity contribution in [3.05, 3.63) is 39.9 Å². The maximum Gasteiger partial charge on any atom is 0.226 e. The van der Waals surface area contributed by atoms with Gasteiger partial charge >= 0.3 is 0 Å². The van der Waals surface area contributed by atoms with Gasteiger partial charge in [-0.3, -0.25) is 0 Å². The molecule has 0 N–H and O–H groups in total. The summed E-state index contributed by atoms with van der Waals surface area (Å²) in [4.78, 5) is 13.0. The average molecular weight is 487 g/mol. The van der Waals surface area contributed by atoms with E-state index in [-0.39, 0.29) is 17.0 Å². The molecule has 1 aliphatic heterocycles. The number of benzene rings is 1. The average Bonchev–Trinajstić information content (AvgIpc) is 3.52. The van der Waals surface area contributed by atoms with E-state index in [1.807, 2.05) is 4.90 Å². The maximum absolute atomic E-state index is 14.2. The van der Waals surface area contributed by atoms with Crippen LogP contribution in [0, 0.1) is 11.7 Å². The van der Waals surface area contributed by atoms with Gasteiger partial charge in [-0.05, 0) is 30.9 Å². The van der Waals surface area contributed by atoms with E-state index in [2.05, 4.69) is 23.7 Å². The van der Waals surface area contributed by atoms with E-state index in [1.165, 1.54) is 6.07 Å². The molecular formula is C21H25Cl2FN4O2S. The Morgan fingerprint density at radius 1 is 1.19 bits per heavy atom. The summed E-state index contributed by atoms with van der Waals surface area (Å²) in [6.07, 6.45) is 4.84. The van der Waals surface area contributed by atoms with Crippen LogP contribution in [0.2, 0.25) is 10.0 Å². The Labute approximate surface area is 192 Å². The van der Waals surface area contributed by atoms with Crippen LogP contribution in [0.25, 0.3) is 0 Å². The van der Waals surface area contributed by atoms with Crippen LogP contribution in [0.3, 0.4) is 0 Å². The van der Waals surface area contributed by atoms with Crippen LogP contribution in [0.5, 0.6) is 0 Å². The zero-order valence-corrected chi connectivity index (χ0v) is 20.0. The van der Waals surface area contributed by atoms with Crippen LogP contribution in [-0.4, -0.2) is 50.3 Å². The number of anilines is 2. The fourth-order valence-electron chi connectivity index (χ4n) is 4.11. The number of hydrogen-bond acceptors (Lipinski definition) is 6. The Morgan fingerprint density at radius 2 is 1.90 bits per heavy atom. The third-order valence-electron chi connectivity index (χ3n) is 5.91. The van der Waals surface area contributed by atoms with Crippen molar-refractivity contribution >= 4 is 44.7 Å². The van der Waals surface area contributed by atoms with Crippen LogP contribution in [0.4, 0.5) is 16.0 Å². The highest BCUT2D eigenvalue weighted by atomic mass is 35.5. The first-order valence-electron chi connectivity index (χ1n) is 10.3. The number of nitrogens with zero attached hydrogens (tertiary/aromatic N) is 4. The molecule has 1 aromatic heterocycles. The van der Waals surface area contributed by atoms with Crippen LogP contribution in [0.1, 0.15) is 38.3 Å². The third-order valence-corrected chi connectivity index (χ3v) is 7.83. The molecule has 168 valence electrons. The Morgan fingerprint density at radius 3 is 2.52 bits per heavy atom. The van der Waals surface area contributed by atoms with E-state index in [9.17, 15) is 12.8 Å². The summed E-state index contributed by atoms with van der Waals surface area (Å²) in [6, 6.07) is 2.77. The van der Waals surface area contributed by atoms with Crippen LogP contribution in [0.15, 0.2) is 23.2 Å². The molecule has 2 aromatic rings. The summed E-state index contributed by atoms with van der Waals surface area (Å²) >= 11 is 12.7. The third kappa shape index (κ3) is 4.47. The number of piperazine rings is 1. The quantitative estimate of drug-likeness (QED) is 0.617. The van der Waals surface area contributed by atoms with Crippen molar-refractivity contribution in [3.63, 3.8) is 0 Å². The molecule has 1 aliphatic carbocycles. The van der Waals surface area contributed by atoms with E-state index in [4.69, 9.17) is 28.2 Å². The van der Waals surface area contributed by atoms with Crippen LogP contribution >= 0.6 is 23.2 Å². The molecule has 4 rings (SSSR count). The van der Waals surface area contributed by atoms with E-state index in [0.717, 1.165) is 24.8 Å². The van der Waals surface area contributed by atoms with Gasteiger partial charge in [0.1, 0.15) is 10.7 Å². The molecule has 2 fully saturated rings. The second kappa shape index (κ2) is 8.37. The van der Waals surface area contributed by atoms with Crippen molar-refractivity contribution in [3.8, 4) is 0 Å². The predicted molar refractivity (Wildman–Crippen MR) is 122 cm³/mol. The van der Waals surface area contributed by atoms with E-state index in [0.29, 0.717) is 42.2 Å². The van der Waals surface area contributed by atoms with Gasteiger partial charge < -0.3 is 9.80 Å². The molecule has 0 amide bonds. The predicted octanol–water partition coefficient (Wildman–Crippen LogP) is 4.55. The minimum Gasteiger partial charge on any atom is -0.366 e. The number of aromatic nitrogens is 2. The second-order valence-electron chi connectivity index (χ2n) is 8.61. The van der Waals surface area contributed by atoms with Gasteiger partial charge in [-0.1, -0.05) is 37.0 Å². The lowest BCUT2D eigenvalue weighted by molar-refractivity contribution is 0.413. The first-order chi connectivity index (χ1) is 14.6. The smallest absolute Gasteiger partial charge is 0.226 e. The van der Waals surface area contributed by atoms with Gasteiger partial charge in [0.15, 0.2) is 9.84 Å². The largest absolute Gasteiger partial charge is 0.366 e. The highest BCUT2D eigenvalue weighted by Crippen LogP contribution is 2.43. The Balaban J connectivity index is 1.65. The summed E-state index contributed by atoms with van der Waals surface area (Å²) in [5, 5.41) is 0.537. The zero-order chi connectivity index (χ0) is 22.5. The van der Waals surface area contributed by atoms with Gasteiger partial charge in [0, 0.05) is 31.8 Å². The number of rotatable bonds is 5. The SMILES string of the molecule is CC(C)[C@@H]1CN(c2ccc(F)c(S(C)(=O)=O)c2Cl)CCN1c1ncc(Cl)c(C2CC2)n1. The van der Waals surface area contributed by atoms with Gasteiger partial charge in [0.05, 0.1) is 33.7 Å². The van der Waals surface area contributed by atoms with Crippen LogP contribution < -0.4 is 9.80 Å². The summed E-state index contributed by atoms with van der Waals surface area (Å²) < 4.78 is 38.3. The van der Waals surface area contributed by atoms with E-state index in [1.54, 1.807) is 12.3 Å². The Kier molecular flexibility index (Phi) is 6.09. The lowest BCUT2D eigenvalue weighted by Crippen LogP contribution is -2.56. The molecule has 2 aliphatic rings. The molecule has 1 saturated heterocycles. The molecule has 0 spiro atoms. The highest BCUT2D eigenvalue weighted by Gasteiger charge is 2.35. The topological polar surface area (TPSA) is 66.4 Å². The minimum absolute atomic E-state index is 0.0600. The van der Waals surface area contributed by atoms with Crippen molar-refractivity contribution in [2.45, 2.75) is 43.5 Å². The molecule has 1 saturated carbocycles. The Hall–Kier alpha value is -1.64. The van der Waals surface area contributed by atoms with Gasteiger partial charge in [-0.2, -0.15) is 0 Å². The van der Waals surface area contributed by atoms with E-state index < -0.39 is 20.5 Å². The fourth-order valence-corrected chi connectivity index (χ4v) is 5.90. The Bertz CT molecular complexity index is 1110. The van der Waals surface area contributed by atoms with Gasteiger partial charge in [-0.25, -0.2) is 22.8 Å². The lowest BCUT2D eigenvalue weighted by Gasteiger charge is -2.44. The van der Waals surface area contributed by atoms with Crippen molar-refractivity contribution in [1.82, 2.24) is 9.97 Å². The standard InChI is InChI=1S/C21H25Cl2FN4O2S/c1-12(2)17-11-27(16-7-6-15(24)20(18(16)23)31(3,29)30)8-9-28(17)21-25-10-14(22)19(26-21)13-4-5-13/h6-7,10,12-13,17H,4-5,8-9,11H2,1-3H3/t17-/m0/s1. The molecule has 6 nitrogen and oxygen atoms in total. The molecule has 1 aromatic carbocycles. The lowest BCUT2D eigenvalue weighted by atomic mass is 9.99. The molecule has 0 bridgehead atoms. The highest BCUT2D eigenvalue weighted by molar-refractivity contribution is 7.90. The molecule has 10 heteroatoms. The number of sulfone groups is 1.